The summed E-state index contributed by atoms with van der Waals surface area (Å²) in [5, 5.41) is 0. The molecule has 0 aliphatic heterocycles. The van der Waals surface area contributed by atoms with E-state index < -0.39 is 0 Å². The molecule has 0 bridgehead atoms. The van der Waals surface area contributed by atoms with Crippen molar-refractivity contribution < 1.29 is 9.59 Å². The van der Waals surface area contributed by atoms with Crippen LogP contribution >= 0.6 is 23.5 Å². The van der Waals surface area contributed by atoms with E-state index in [4.69, 9.17) is 0 Å². The molecule has 150 valence electrons. The van der Waals surface area contributed by atoms with Gasteiger partial charge in [0.05, 0.1) is 0 Å². The van der Waals surface area contributed by atoms with Gasteiger partial charge in [-0.25, -0.2) is 0 Å². The average molecular weight is 431 g/mol. The van der Waals surface area contributed by atoms with E-state index in [1.807, 2.05) is 61.0 Å². The molecule has 0 aliphatic rings. The first-order valence-electron chi connectivity index (χ1n) is 9.42. The van der Waals surface area contributed by atoms with Gasteiger partial charge in [0.15, 0.2) is 11.6 Å². The highest BCUT2D eigenvalue weighted by molar-refractivity contribution is 7.98. The SMILES string of the molecule is CSc1ccc(C=CC(=O)c2ccc(C(=O)C=Cc3ccc(SC)cc3)cc2)cc1. The van der Waals surface area contributed by atoms with Gasteiger partial charge < -0.3 is 0 Å². The van der Waals surface area contributed by atoms with Crippen molar-refractivity contribution in [2.75, 3.05) is 12.5 Å². The number of allylic oxidation sites excluding steroid dienone is 2. The summed E-state index contributed by atoms with van der Waals surface area (Å²) in [6.07, 6.45) is 10.8. The monoisotopic (exact) mass is 430 g/mol. The van der Waals surface area contributed by atoms with Gasteiger partial charge in [-0.2, -0.15) is 0 Å². The van der Waals surface area contributed by atoms with Crippen LogP contribution < -0.4 is 0 Å². The van der Waals surface area contributed by atoms with E-state index in [2.05, 4.69) is 0 Å². The molecular formula is C26H22O2S2. The largest absolute Gasteiger partial charge is 0.289 e. The Hall–Kier alpha value is -2.82. The van der Waals surface area contributed by atoms with E-state index in [9.17, 15) is 9.59 Å². The van der Waals surface area contributed by atoms with Gasteiger partial charge >= 0.3 is 0 Å². The Kier molecular flexibility index (Phi) is 7.89. The van der Waals surface area contributed by atoms with Crippen LogP contribution in [0.15, 0.2) is 94.7 Å². The summed E-state index contributed by atoms with van der Waals surface area (Å²) < 4.78 is 0. The summed E-state index contributed by atoms with van der Waals surface area (Å²) in [7, 11) is 0. The molecule has 0 unspecified atom stereocenters. The molecule has 2 nitrogen and oxygen atoms in total. The van der Waals surface area contributed by atoms with Gasteiger partial charge in [-0.05, 0) is 60.1 Å². The highest BCUT2D eigenvalue weighted by atomic mass is 32.2. The molecule has 0 aliphatic carbocycles. The zero-order valence-electron chi connectivity index (χ0n) is 16.9. The number of rotatable bonds is 8. The lowest BCUT2D eigenvalue weighted by Crippen LogP contribution is -1.98. The Balaban J connectivity index is 1.62. The molecule has 0 radical (unpaired) electrons. The molecule has 0 N–H and O–H groups in total. The molecule has 0 spiro atoms. The lowest BCUT2D eigenvalue weighted by atomic mass is 10.0. The average Bonchev–Trinajstić information content (AvgIpc) is 2.81. The summed E-state index contributed by atoms with van der Waals surface area (Å²) in [4.78, 5) is 27.2. The Labute approximate surface area is 186 Å². The molecule has 30 heavy (non-hydrogen) atoms. The fourth-order valence-electron chi connectivity index (χ4n) is 2.77. The van der Waals surface area contributed by atoms with Crippen LogP contribution in [-0.2, 0) is 0 Å². The molecule has 3 aromatic rings. The van der Waals surface area contributed by atoms with Crippen molar-refractivity contribution >= 4 is 47.2 Å². The molecular weight excluding hydrogens is 408 g/mol. The Bertz CT molecular complexity index is 973. The zero-order valence-corrected chi connectivity index (χ0v) is 18.5. The third-order valence-electron chi connectivity index (χ3n) is 4.54. The van der Waals surface area contributed by atoms with Crippen LogP contribution in [0.4, 0.5) is 0 Å². The van der Waals surface area contributed by atoms with Crippen molar-refractivity contribution in [3.8, 4) is 0 Å². The third kappa shape index (κ3) is 6.09. The van der Waals surface area contributed by atoms with Gasteiger partial charge in [-0.3, -0.25) is 9.59 Å². The standard InChI is InChI=1S/C26H22O2S2/c1-29-23-13-3-19(4-14-23)7-17-25(27)21-9-11-22(12-10-21)26(28)18-8-20-5-15-24(30-2)16-6-20/h3-18H,1-2H3. The topological polar surface area (TPSA) is 34.1 Å². The molecule has 0 heterocycles. The fourth-order valence-corrected chi connectivity index (χ4v) is 3.58. The first kappa shape index (κ1) is 21.9. The summed E-state index contributed by atoms with van der Waals surface area (Å²) >= 11 is 3.36. The van der Waals surface area contributed by atoms with Crippen molar-refractivity contribution in [2.24, 2.45) is 0 Å². The smallest absolute Gasteiger partial charge is 0.185 e. The second-order valence-electron chi connectivity index (χ2n) is 6.52. The van der Waals surface area contributed by atoms with E-state index in [1.54, 1.807) is 72.1 Å². The van der Waals surface area contributed by atoms with Crippen LogP contribution in [0.2, 0.25) is 0 Å². The number of hydrogen-bond donors (Lipinski definition) is 0. The van der Waals surface area contributed by atoms with Gasteiger partial charge in [-0.15, -0.1) is 23.5 Å². The lowest BCUT2D eigenvalue weighted by Gasteiger charge is -2.00. The van der Waals surface area contributed by atoms with E-state index in [0.29, 0.717) is 11.1 Å². The number of benzene rings is 3. The van der Waals surface area contributed by atoms with Gasteiger partial charge in [0.2, 0.25) is 0 Å². The molecule has 0 saturated carbocycles. The molecule has 0 saturated heterocycles. The van der Waals surface area contributed by atoms with Crippen LogP contribution in [0.5, 0.6) is 0 Å². The molecule has 4 heteroatoms. The summed E-state index contributed by atoms with van der Waals surface area (Å²) in [6, 6.07) is 22.8. The molecule has 3 aromatic carbocycles. The highest BCUT2D eigenvalue weighted by Crippen LogP contribution is 2.17. The van der Waals surface area contributed by atoms with E-state index in [-0.39, 0.29) is 11.6 Å². The molecule has 0 amide bonds. The first-order chi connectivity index (χ1) is 14.6. The summed E-state index contributed by atoms with van der Waals surface area (Å²) in [5.74, 6) is -0.181. The second-order valence-corrected chi connectivity index (χ2v) is 8.28. The summed E-state index contributed by atoms with van der Waals surface area (Å²) in [6.45, 7) is 0. The zero-order chi connectivity index (χ0) is 21.3. The van der Waals surface area contributed by atoms with Gasteiger partial charge in [-0.1, -0.05) is 60.7 Å². The number of carbonyl (C=O) groups is 2. The van der Waals surface area contributed by atoms with Gasteiger partial charge in [0.25, 0.3) is 0 Å². The Morgan fingerprint density at radius 1 is 0.567 bits per heavy atom. The van der Waals surface area contributed by atoms with Crippen LogP contribution in [0.1, 0.15) is 31.8 Å². The summed E-state index contributed by atoms with van der Waals surface area (Å²) in [5.41, 5.74) is 3.06. The van der Waals surface area contributed by atoms with Gasteiger partial charge in [0.1, 0.15) is 0 Å². The van der Waals surface area contributed by atoms with E-state index in [1.165, 1.54) is 9.79 Å². The minimum Gasteiger partial charge on any atom is -0.289 e. The van der Waals surface area contributed by atoms with Crippen molar-refractivity contribution in [1.82, 2.24) is 0 Å². The second kappa shape index (κ2) is 10.8. The molecule has 3 rings (SSSR count). The molecule has 0 fully saturated rings. The minimum atomic E-state index is -0.0904. The normalized spacial score (nSPS) is 11.3. The first-order valence-corrected chi connectivity index (χ1v) is 11.9. The lowest BCUT2D eigenvalue weighted by molar-refractivity contribution is 0.103. The number of hydrogen-bond acceptors (Lipinski definition) is 4. The third-order valence-corrected chi connectivity index (χ3v) is 6.03. The predicted octanol–water partition coefficient (Wildman–Crippen LogP) is 6.92. The Morgan fingerprint density at radius 2 is 0.900 bits per heavy atom. The maximum atomic E-state index is 12.4. The van der Waals surface area contributed by atoms with Crippen molar-refractivity contribution in [3.05, 3.63) is 107 Å². The van der Waals surface area contributed by atoms with E-state index in [0.717, 1.165) is 11.1 Å². The van der Waals surface area contributed by atoms with Crippen LogP contribution in [-0.4, -0.2) is 24.1 Å². The maximum Gasteiger partial charge on any atom is 0.185 e. The number of carbonyl (C=O) groups excluding carboxylic acids is 2. The Morgan fingerprint density at radius 3 is 1.20 bits per heavy atom. The fraction of sp³-hybridized carbons (Fsp3) is 0.0769. The molecule has 0 atom stereocenters. The van der Waals surface area contributed by atoms with Crippen LogP contribution in [0.3, 0.4) is 0 Å². The van der Waals surface area contributed by atoms with Crippen molar-refractivity contribution in [3.63, 3.8) is 0 Å². The maximum absolute atomic E-state index is 12.4. The minimum absolute atomic E-state index is 0.0904. The molecule has 0 aromatic heterocycles. The highest BCUT2D eigenvalue weighted by Gasteiger charge is 2.05. The van der Waals surface area contributed by atoms with Crippen LogP contribution in [0, 0.1) is 0 Å². The van der Waals surface area contributed by atoms with E-state index >= 15 is 0 Å². The van der Waals surface area contributed by atoms with Crippen molar-refractivity contribution in [1.29, 1.82) is 0 Å². The quantitative estimate of drug-likeness (QED) is 0.221. The van der Waals surface area contributed by atoms with Crippen molar-refractivity contribution in [2.45, 2.75) is 9.79 Å². The van der Waals surface area contributed by atoms with Gasteiger partial charge in [0, 0.05) is 20.9 Å². The predicted molar refractivity (Wildman–Crippen MR) is 130 cm³/mol. The van der Waals surface area contributed by atoms with Crippen LogP contribution in [0.25, 0.3) is 12.2 Å². The number of ketones is 2. The number of thioether (sulfide) groups is 2.